The van der Waals surface area contributed by atoms with Gasteiger partial charge in [-0.3, -0.25) is 0 Å². The Balaban J connectivity index is 2.31. The molecule has 0 fully saturated rings. The number of thiophene rings is 1. The maximum absolute atomic E-state index is 11.8. The van der Waals surface area contributed by atoms with Gasteiger partial charge in [0.2, 0.25) is 5.95 Å². The summed E-state index contributed by atoms with van der Waals surface area (Å²) in [7, 11) is -2.03. The molecule has 3 N–H and O–H groups in total. The lowest BCUT2D eigenvalue weighted by molar-refractivity contribution is 0.602. The first-order valence-corrected chi connectivity index (χ1v) is 6.56. The van der Waals surface area contributed by atoms with Gasteiger partial charge < -0.3 is 5.73 Å². The van der Waals surface area contributed by atoms with Crippen LogP contribution in [-0.2, 0) is 17.1 Å². The fourth-order valence-corrected chi connectivity index (χ4v) is 3.15. The summed E-state index contributed by atoms with van der Waals surface area (Å²) in [6.45, 7) is 0. The molecule has 2 heterocycles. The molecule has 0 saturated carbocycles. The van der Waals surface area contributed by atoms with E-state index in [1.165, 1.54) is 17.1 Å². The number of nitrogens with two attached hydrogens (primary N) is 1. The normalized spacial score (nSPS) is 11.6. The monoisotopic (exact) mass is 259 g/mol. The molecular formula is C7H9N5O2S2. The molecule has 0 atom stereocenters. The van der Waals surface area contributed by atoms with Gasteiger partial charge in [-0.1, -0.05) is 0 Å². The van der Waals surface area contributed by atoms with Crippen LogP contribution in [0, 0.1) is 0 Å². The summed E-state index contributed by atoms with van der Waals surface area (Å²) in [5.41, 5.74) is 5.88. The van der Waals surface area contributed by atoms with Crippen LogP contribution in [0.1, 0.15) is 0 Å². The Labute approximate surface area is 96.0 Å². The van der Waals surface area contributed by atoms with E-state index in [1.54, 1.807) is 12.4 Å². The summed E-state index contributed by atoms with van der Waals surface area (Å²) in [4.78, 5) is 3.77. The zero-order chi connectivity index (χ0) is 11.8. The number of anilines is 2. The molecule has 0 aliphatic heterocycles. The topological polar surface area (TPSA) is 103 Å². The lowest BCUT2D eigenvalue weighted by atomic mass is 10.6. The number of nitrogen functional groups attached to an aromatic ring is 1. The highest BCUT2D eigenvalue weighted by atomic mass is 32.2. The van der Waals surface area contributed by atoms with Crippen LogP contribution in [0.15, 0.2) is 22.0 Å². The molecule has 0 aliphatic rings. The molecule has 0 saturated heterocycles. The third-order valence-corrected chi connectivity index (χ3v) is 4.58. The third-order valence-electron chi connectivity index (χ3n) is 1.80. The van der Waals surface area contributed by atoms with Gasteiger partial charge in [0, 0.05) is 18.1 Å². The first kappa shape index (κ1) is 10.9. The van der Waals surface area contributed by atoms with E-state index in [4.69, 9.17) is 5.73 Å². The highest BCUT2D eigenvalue weighted by Gasteiger charge is 2.18. The Morgan fingerprint density at radius 1 is 1.56 bits per heavy atom. The van der Waals surface area contributed by atoms with Gasteiger partial charge in [-0.05, 0) is 6.07 Å². The number of nitrogens with one attached hydrogen (secondary N) is 1. The number of hydrogen-bond donors (Lipinski definition) is 2. The molecule has 2 aromatic heterocycles. The van der Waals surface area contributed by atoms with Gasteiger partial charge in [0.15, 0.2) is 0 Å². The van der Waals surface area contributed by atoms with Gasteiger partial charge in [0.05, 0.1) is 0 Å². The second-order valence-corrected chi connectivity index (χ2v) is 5.83. The van der Waals surface area contributed by atoms with Crippen molar-refractivity contribution in [1.29, 1.82) is 0 Å². The molecule has 86 valence electrons. The molecule has 2 aromatic rings. The molecule has 0 aliphatic carbocycles. The predicted octanol–water partition coefficient (Wildman–Crippen LogP) is 0.260. The maximum Gasteiger partial charge on any atom is 0.273 e. The predicted molar refractivity (Wildman–Crippen MR) is 60.5 cm³/mol. The zero-order valence-corrected chi connectivity index (χ0v) is 9.92. The second-order valence-electron chi connectivity index (χ2n) is 3.01. The van der Waals surface area contributed by atoms with Gasteiger partial charge >= 0.3 is 0 Å². The van der Waals surface area contributed by atoms with Gasteiger partial charge in [-0.25, -0.2) is 17.8 Å². The minimum atomic E-state index is -3.62. The van der Waals surface area contributed by atoms with Crippen molar-refractivity contribution in [1.82, 2.24) is 14.8 Å². The van der Waals surface area contributed by atoms with Crippen molar-refractivity contribution in [3.63, 3.8) is 0 Å². The van der Waals surface area contributed by atoms with E-state index in [-0.39, 0.29) is 10.2 Å². The smallest absolute Gasteiger partial charge is 0.273 e. The lowest BCUT2D eigenvalue weighted by Crippen LogP contribution is -2.15. The van der Waals surface area contributed by atoms with E-state index in [9.17, 15) is 8.42 Å². The molecule has 0 bridgehead atoms. The Kier molecular flexibility index (Phi) is 2.56. The van der Waals surface area contributed by atoms with Gasteiger partial charge in [-0.15, -0.1) is 11.3 Å². The van der Waals surface area contributed by atoms with Crippen molar-refractivity contribution < 1.29 is 8.42 Å². The summed E-state index contributed by atoms with van der Waals surface area (Å²) >= 11 is 1.05. The minimum absolute atomic E-state index is 0.146. The van der Waals surface area contributed by atoms with E-state index < -0.39 is 10.0 Å². The summed E-state index contributed by atoms with van der Waals surface area (Å²) < 4.78 is 27.4. The summed E-state index contributed by atoms with van der Waals surface area (Å²) in [6, 6.07) is 1.39. The van der Waals surface area contributed by atoms with E-state index in [1.807, 2.05) is 0 Å². The largest absolute Gasteiger partial charge is 0.398 e. The Bertz CT molecular complexity index is 600. The molecule has 0 amide bonds. The fraction of sp³-hybridized carbons (Fsp3) is 0.143. The quantitative estimate of drug-likeness (QED) is 0.823. The molecule has 9 heteroatoms. The third kappa shape index (κ3) is 1.99. The average Bonchev–Trinajstić information content (AvgIpc) is 2.77. The number of sulfonamides is 1. The van der Waals surface area contributed by atoms with E-state index >= 15 is 0 Å². The maximum atomic E-state index is 11.8. The van der Waals surface area contributed by atoms with E-state index in [2.05, 4.69) is 14.8 Å². The molecule has 0 spiro atoms. The summed E-state index contributed by atoms with van der Waals surface area (Å²) in [6.07, 6.45) is 1.26. The van der Waals surface area contributed by atoms with Crippen LogP contribution in [0.25, 0.3) is 0 Å². The number of aryl methyl sites for hydroxylation is 1. The summed E-state index contributed by atoms with van der Waals surface area (Å²) in [5.74, 6) is 0.159. The van der Waals surface area contributed by atoms with Crippen LogP contribution in [0.4, 0.5) is 11.6 Å². The molecule has 7 nitrogen and oxygen atoms in total. The van der Waals surface area contributed by atoms with Crippen LogP contribution >= 0.6 is 11.3 Å². The van der Waals surface area contributed by atoms with Crippen molar-refractivity contribution in [2.24, 2.45) is 7.05 Å². The fourth-order valence-electron chi connectivity index (χ4n) is 1.03. The standard InChI is InChI=1S/C7H9N5O2S2/c1-12-7(9-4-10-12)11-16(13,14)6-2-5(8)3-15-6/h2-4H,8H2,1H3,(H,9,10,11). The molecule has 0 aromatic carbocycles. The van der Waals surface area contributed by atoms with Crippen LogP contribution in [0.3, 0.4) is 0 Å². The van der Waals surface area contributed by atoms with Crippen molar-refractivity contribution in [3.05, 3.63) is 17.8 Å². The average molecular weight is 259 g/mol. The second kappa shape index (κ2) is 3.76. The van der Waals surface area contributed by atoms with Gasteiger partial charge in [0.1, 0.15) is 10.5 Å². The number of aromatic nitrogens is 3. The van der Waals surface area contributed by atoms with Gasteiger partial charge in [-0.2, -0.15) is 10.1 Å². The Morgan fingerprint density at radius 2 is 2.31 bits per heavy atom. The van der Waals surface area contributed by atoms with Crippen LogP contribution in [-0.4, -0.2) is 23.2 Å². The molecule has 2 rings (SSSR count). The van der Waals surface area contributed by atoms with Crippen molar-refractivity contribution in [2.45, 2.75) is 4.21 Å². The summed E-state index contributed by atoms with van der Waals surface area (Å²) in [5, 5.41) is 5.32. The first-order valence-electron chi connectivity index (χ1n) is 4.20. The minimum Gasteiger partial charge on any atom is -0.398 e. The van der Waals surface area contributed by atoms with Gasteiger partial charge in [0.25, 0.3) is 10.0 Å². The Hall–Kier alpha value is -1.61. The van der Waals surface area contributed by atoms with Crippen molar-refractivity contribution in [2.75, 3.05) is 10.5 Å². The molecule has 16 heavy (non-hydrogen) atoms. The van der Waals surface area contributed by atoms with Crippen molar-refractivity contribution in [3.8, 4) is 0 Å². The lowest BCUT2D eigenvalue weighted by Gasteiger charge is -2.03. The van der Waals surface area contributed by atoms with E-state index in [0.717, 1.165) is 11.3 Å². The van der Waals surface area contributed by atoms with Crippen LogP contribution < -0.4 is 10.5 Å². The van der Waals surface area contributed by atoms with Crippen LogP contribution in [0.5, 0.6) is 0 Å². The number of nitrogens with zero attached hydrogens (tertiary/aromatic N) is 3. The molecule has 0 unspecified atom stereocenters. The van der Waals surface area contributed by atoms with E-state index in [0.29, 0.717) is 5.69 Å². The van der Waals surface area contributed by atoms with Crippen molar-refractivity contribution >= 4 is 33.0 Å². The zero-order valence-electron chi connectivity index (χ0n) is 8.28. The molecular weight excluding hydrogens is 250 g/mol. The SMILES string of the molecule is Cn1ncnc1NS(=O)(=O)c1cc(N)cs1. The van der Waals surface area contributed by atoms with Crippen LogP contribution in [0.2, 0.25) is 0 Å². The highest BCUT2D eigenvalue weighted by Crippen LogP contribution is 2.23. The number of rotatable bonds is 3. The highest BCUT2D eigenvalue weighted by molar-refractivity contribution is 7.94. The first-order chi connectivity index (χ1) is 7.49. The Morgan fingerprint density at radius 3 is 2.81 bits per heavy atom. The molecule has 0 radical (unpaired) electrons. The number of hydrogen-bond acceptors (Lipinski definition) is 6.